The topological polar surface area (TPSA) is 59.0 Å². The molecule has 0 unspecified atom stereocenters. The maximum atomic E-state index is 11.6. The average molecular weight is 264 g/mol. The van der Waals surface area contributed by atoms with Gasteiger partial charge in [-0.3, -0.25) is 0 Å². The van der Waals surface area contributed by atoms with Crippen LogP contribution >= 0.6 is 0 Å². The monoisotopic (exact) mass is 264 g/mol. The van der Waals surface area contributed by atoms with Crippen molar-refractivity contribution in [1.82, 2.24) is 20.2 Å². The zero-order valence-electron chi connectivity index (χ0n) is 12.3. The van der Waals surface area contributed by atoms with Crippen LogP contribution in [0.4, 0.5) is 4.79 Å². The Kier molecular flexibility index (Phi) is 3.83. The predicted molar refractivity (Wildman–Crippen MR) is 75.2 cm³/mol. The van der Waals surface area contributed by atoms with Gasteiger partial charge >= 0.3 is 6.03 Å². The molecule has 0 aliphatic heterocycles. The summed E-state index contributed by atoms with van der Waals surface area (Å²) in [5.74, 6) is 1.08. The Morgan fingerprint density at radius 3 is 2.74 bits per heavy atom. The molecule has 2 amide bonds. The first-order valence-corrected chi connectivity index (χ1v) is 6.95. The van der Waals surface area contributed by atoms with Crippen LogP contribution in [0.5, 0.6) is 0 Å². The van der Waals surface area contributed by atoms with Crippen LogP contribution in [0.2, 0.25) is 0 Å². The van der Waals surface area contributed by atoms with E-state index in [2.05, 4.69) is 27.1 Å². The third-order valence-corrected chi connectivity index (χ3v) is 3.09. The second-order valence-electron chi connectivity index (χ2n) is 6.30. The molecule has 106 valence electrons. The average Bonchev–Trinajstić information content (AvgIpc) is 3.02. The molecule has 0 saturated heterocycles. The van der Waals surface area contributed by atoms with Crippen molar-refractivity contribution in [2.75, 3.05) is 6.54 Å². The number of aromatic nitrogens is 2. The second-order valence-corrected chi connectivity index (χ2v) is 6.30. The van der Waals surface area contributed by atoms with Crippen LogP contribution < -0.4 is 10.6 Å². The number of carbonyl (C=O) groups excluding carboxylic acids is 1. The molecular formula is C14H24N4O. The first-order chi connectivity index (χ1) is 8.87. The van der Waals surface area contributed by atoms with Gasteiger partial charge in [-0.1, -0.05) is 0 Å². The molecule has 1 aromatic heterocycles. The van der Waals surface area contributed by atoms with Gasteiger partial charge in [0.1, 0.15) is 5.82 Å². The molecule has 0 radical (unpaired) electrons. The van der Waals surface area contributed by atoms with Crippen LogP contribution in [0.25, 0.3) is 0 Å². The Bertz CT molecular complexity index is 455. The van der Waals surface area contributed by atoms with Gasteiger partial charge in [0.05, 0.1) is 0 Å². The van der Waals surface area contributed by atoms with E-state index in [0.29, 0.717) is 12.6 Å². The zero-order chi connectivity index (χ0) is 14.0. The van der Waals surface area contributed by atoms with Crippen molar-refractivity contribution in [2.45, 2.75) is 58.5 Å². The molecule has 1 aliphatic carbocycles. The number of amides is 2. The molecule has 1 saturated carbocycles. The first kappa shape index (κ1) is 13.9. The molecule has 0 spiro atoms. The van der Waals surface area contributed by atoms with Crippen molar-refractivity contribution in [2.24, 2.45) is 0 Å². The summed E-state index contributed by atoms with van der Waals surface area (Å²) in [6, 6.07) is 0.523. The summed E-state index contributed by atoms with van der Waals surface area (Å²) in [5.41, 5.74) is 1.02. The zero-order valence-corrected chi connectivity index (χ0v) is 12.3. The molecule has 0 aromatic carbocycles. The number of aryl methyl sites for hydroxylation is 1. The van der Waals surface area contributed by atoms with Crippen molar-refractivity contribution in [3.63, 3.8) is 0 Å². The second kappa shape index (κ2) is 5.23. The highest BCUT2D eigenvalue weighted by atomic mass is 16.2. The van der Waals surface area contributed by atoms with E-state index in [4.69, 9.17) is 0 Å². The van der Waals surface area contributed by atoms with Crippen LogP contribution in [-0.2, 0) is 6.42 Å². The third kappa shape index (κ3) is 3.98. The minimum absolute atomic E-state index is 0.117. The van der Waals surface area contributed by atoms with E-state index < -0.39 is 0 Å². The largest absolute Gasteiger partial charge is 0.338 e. The van der Waals surface area contributed by atoms with Crippen molar-refractivity contribution in [3.8, 4) is 0 Å². The maximum absolute atomic E-state index is 11.6. The number of rotatable bonds is 4. The standard InChI is InChI=1S/C14H24N4O/c1-10-9-16-12(18(10)11-5-6-11)7-8-15-13(19)17-14(2,3)4/h9,11H,5-8H2,1-4H3,(H2,15,17,19). The summed E-state index contributed by atoms with van der Waals surface area (Å²) >= 11 is 0. The molecular weight excluding hydrogens is 240 g/mol. The molecule has 0 atom stereocenters. The van der Waals surface area contributed by atoms with E-state index in [1.54, 1.807) is 0 Å². The van der Waals surface area contributed by atoms with Crippen molar-refractivity contribution in [3.05, 3.63) is 17.7 Å². The molecule has 5 nitrogen and oxygen atoms in total. The summed E-state index contributed by atoms with van der Waals surface area (Å²) in [4.78, 5) is 16.1. The van der Waals surface area contributed by atoms with Gasteiger partial charge in [-0.05, 0) is 40.5 Å². The Balaban J connectivity index is 1.81. The normalized spacial score (nSPS) is 15.4. The Hall–Kier alpha value is -1.52. The van der Waals surface area contributed by atoms with Gasteiger partial charge in [-0.15, -0.1) is 0 Å². The highest BCUT2D eigenvalue weighted by Crippen LogP contribution is 2.36. The summed E-state index contributed by atoms with van der Waals surface area (Å²) < 4.78 is 2.31. The van der Waals surface area contributed by atoms with Gasteiger partial charge in [0, 0.05) is 36.4 Å². The lowest BCUT2D eigenvalue weighted by Gasteiger charge is -2.20. The summed E-state index contributed by atoms with van der Waals surface area (Å²) in [6.07, 6.45) is 5.20. The van der Waals surface area contributed by atoms with Gasteiger partial charge in [-0.2, -0.15) is 0 Å². The smallest absolute Gasteiger partial charge is 0.315 e. The highest BCUT2D eigenvalue weighted by molar-refractivity contribution is 5.74. The van der Waals surface area contributed by atoms with Gasteiger partial charge in [0.2, 0.25) is 0 Å². The van der Waals surface area contributed by atoms with Crippen molar-refractivity contribution < 1.29 is 4.79 Å². The number of hydrogen-bond donors (Lipinski definition) is 2. The van der Waals surface area contributed by atoms with Gasteiger partial charge < -0.3 is 15.2 Å². The van der Waals surface area contributed by atoms with Crippen LogP contribution in [0, 0.1) is 6.92 Å². The van der Waals surface area contributed by atoms with Crippen LogP contribution in [0.1, 0.15) is 51.2 Å². The SMILES string of the molecule is Cc1cnc(CCNC(=O)NC(C)(C)C)n1C1CC1. The number of nitrogens with one attached hydrogen (secondary N) is 2. The van der Waals surface area contributed by atoms with Crippen molar-refractivity contribution in [1.29, 1.82) is 0 Å². The molecule has 1 heterocycles. The minimum Gasteiger partial charge on any atom is -0.338 e. The molecule has 1 aliphatic rings. The van der Waals surface area contributed by atoms with Gasteiger partial charge in [0.25, 0.3) is 0 Å². The Morgan fingerprint density at radius 1 is 1.47 bits per heavy atom. The molecule has 2 N–H and O–H groups in total. The lowest BCUT2D eigenvalue weighted by molar-refractivity contribution is 0.232. The minimum atomic E-state index is -0.201. The van der Waals surface area contributed by atoms with E-state index in [0.717, 1.165) is 12.2 Å². The van der Waals surface area contributed by atoms with Gasteiger partial charge in [-0.25, -0.2) is 9.78 Å². The van der Waals surface area contributed by atoms with E-state index in [9.17, 15) is 4.79 Å². The lowest BCUT2D eigenvalue weighted by atomic mass is 10.1. The summed E-state index contributed by atoms with van der Waals surface area (Å²) in [5, 5.41) is 5.76. The third-order valence-electron chi connectivity index (χ3n) is 3.09. The molecule has 2 rings (SSSR count). The maximum Gasteiger partial charge on any atom is 0.315 e. The number of imidazole rings is 1. The molecule has 19 heavy (non-hydrogen) atoms. The Morgan fingerprint density at radius 2 is 2.16 bits per heavy atom. The fourth-order valence-corrected chi connectivity index (χ4v) is 2.18. The van der Waals surface area contributed by atoms with Crippen molar-refractivity contribution >= 4 is 6.03 Å². The van der Waals surface area contributed by atoms with E-state index in [-0.39, 0.29) is 11.6 Å². The van der Waals surface area contributed by atoms with Crippen LogP contribution in [0.3, 0.4) is 0 Å². The number of hydrogen-bond acceptors (Lipinski definition) is 2. The number of urea groups is 1. The quantitative estimate of drug-likeness (QED) is 0.875. The van der Waals surface area contributed by atoms with Crippen LogP contribution in [-0.4, -0.2) is 27.7 Å². The predicted octanol–water partition coefficient (Wildman–Crippen LogP) is 2.17. The Labute approximate surface area is 114 Å². The fourth-order valence-electron chi connectivity index (χ4n) is 2.18. The van der Waals surface area contributed by atoms with Gasteiger partial charge in [0.15, 0.2) is 0 Å². The van der Waals surface area contributed by atoms with E-state index >= 15 is 0 Å². The first-order valence-electron chi connectivity index (χ1n) is 6.95. The van der Waals surface area contributed by atoms with E-state index in [1.165, 1.54) is 18.5 Å². The highest BCUT2D eigenvalue weighted by Gasteiger charge is 2.27. The molecule has 0 bridgehead atoms. The summed E-state index contributed by atoms with van der Waals surface area (Å²) in [7, 11) is 0. The number of carbonyl (C=O) groups is 1. The van der Waals surface area contributed by atoms with E-state index in [1.807, 2.05) is 27.0 Å². The molecule has 5 heteroatoms. The van der Waals surface area contributed by atoms with Crippen LogP contribution in [0.15, 0.2) is 6.20 Å². The molecule has 1 fully saturated rings. The lowest BCUT2D eigenvalue weighted by Crippen LogP contribution is -2.46. The summed E-state index contributed by atoms with van der Waals surface area (Å²) in [6.45, 7) is 8.61. The number of nitrogens with zero attached hydrogens (tertiary/aromatic N) is 2. The molecule has 1 aromatic rings. The fraction of sp³-hybridized carbons (Fsp3) is 0.714.